The molecule has 1 unspecified atom stereocenters. The van der Waals surface area contributed by atoms with Gasteiger partial charge in [-0.15, -0.1) is 11.6 Å². The van der Waals surface area contributed by atoms with E-state index in [9.17, 15) is 4.39 Å². The molecule has 0 radical (unpaired) electrons. The summed E-state index contributed by atoms with van der Waals surface area (Å²) in [4.78, 5) is 0. The van der Waals surface area contributed by atoms with Crippen LogP contribution in [-0.4, -0.2) is 5.38 Å². The van der Waals surface area contributed by atoms with E-state index in [1.54, 1.807) is 12.1 Å². The maximum Gasteiger partial charge on any atom is 0.127 e. The molecular formula is C11H13Cl2F. The van der Waals surface area contributed by atoms with Crippen molar-refractivity contribution in [3.05, 3.63) is 34.6 Å². The van der Waals surface area contributed by atoms with E-state index in [-0.39, 0.29) is 11.2 Å². The van der Waals surface area contributed by atoms with Gasteiger partial charge < -0.3 is 0 Å². The maximum atomic E-state index is 13.3. The SMILES string of the molecule is CCC(Cl)CCc1c(F)cccc1Cl. The molecule has 0 saturated carbocycles. The fourth-order valence-electron chi connectivity index (χ4n) is 1.28. The van der Waals surface area contributed by atoms with Crippen LogP contribution in [0.5, 0.6) is 0 Å². The Morgan fingerprint density at radius 2 is 2.14 bits per heavy atom. The Bertz CT molecular complexity index is 279. The number of benzene rings is 1. The highest BCUT2D eigenvalue weighted by atomic mass is 35.5. The average Bonchev–Trinajstić information content (AvgIpc) is 2.16. The van der Waals surface area contributed by atoms with Crippen molar-refractivity contribution in [2.45, 2.75) is 31.6 Å². The van der Waals surface area contributed by atoms with E-state index >= 15 is 0 Å². The molecule has 0 amide bonds. The first kappa shape index (κ1) is 11.8. The molecule has 0 heterocycles. The Morgan fingerprint density at radius 3 is 2.71 bits per heavy atom. The van der Waals surface area contributed by atoms with E-state index in [1.807, 2.05) is 6.92 Å². The van der Waals surface area contributed by atoms with Crippen molar-refractivity contribution in [2.24, 2.45) is 0 Å². The van der Waals surface area contributed by atoms with E-state index in [4.69, 9.17) is 23.2 Å². The second-order valence-electron chi connectivity index (χ2n) is 3.24. The van der Waals surface area contributed by atoms with E-state index in [2.05, 4.69) is 0 Å². The van der Waals surface area contributed by atoms with Gasteiger partial charge in [-0.05, 0) is 31.4 Å². The molecule has 1 rings (SSSR count). The highest BCUT2D eigenvalue weighted by molar-refractivity contribution is 6.31. The number of halogens is 3. The van der Waals surface area contributed by atoms with Gasteiger partial charge in [0.15, 0.2) is 0 Å². The fourth-order valence-corrected chi connectivity index (χ4v) is 1.64. The molecule has 0 aliphatic rings. The summed E-state index contributed by atoms with van der Waals surface area (Å²) in [6.07, 6.45) is 2.26. The molecule has 0 saturated heterocycles. The Balaban J connectivity index is 2.66. The van der Waals surface area contributed by atoms with Crippen LogP contribution >= 0.6 is 23.2 Å². The zero-order valence-corrected chi connectivity index (χ0v) is 9.58. The lowest BCUT2D eigenvalue weighted by Gasteiger charge is -2.08. The molecular weight excluding hydrogens is 222 g/mol. The second kappa shape index (κ2) is 5.57. The van der Waals surface area contributed by atoms with Gasteiger partial charge in [0.2, 0.25) is 0 Å². The molecule has 1 atom stereocenters. The van der Waals surface area contributed by atoms with Crippen molar-refractivity contribution in [3.63, 3.8) is 0 Å². The predicted molar refractivity (Wildman–Crippen MR) is 59.7 cm³/mol. The standard InChI is InChI=1S/C11H13Cl2F/c1-2-8(12)6-7-9-10(13)4-3-5-11(9)14/h3-5,8H,2,6-7H2,1H3. The van der Waals surface area contributed by atoms with Gasteiger partial charge in [0, 0.05) is 16.0 Å². The summed E-state index contributed by atoms with van der Waals surface area (Å²) in [6.45, 7) is 2.01. The fraction of sp³-hybridized carbons (Fsp3) is 0.455. The van der Waals surface area contributed by atoms with Gasteiger partial charge in [0.05, 0.1) is 0 Å². The summed E-state index contributed by atoms with van der Waals surface area (Å²) in [5.74, 6) is -0.238. The summed E-state index contributed by atoms with van der Waals surface area (Å²) < 4.78 is 13.3. The number of alkyl halides is 1. The van der Waals surface area contributed by atoms with Crippen molar-refractivity contribution >= 4 is 23.2 Å². The first-order chi connectivity index (χ1) is 6.65. The van der Waals surface area contributed by atoms with E-state index < -0.39 is 0 Å². The smallest absolute Gasteiger partial charge is 0.127 e. The average molecular weight is 235 g/mol. The van der Waals surface area contributed by atoms with Crippen molar-refractivity contribution < 1.29 is 4.39 Å². The zero-order valence-electron chi connectivity index (χ0n) is 8.06. The van der Waals surface area contributed by atoms with Crippen LogP contribution in [0.3, 0.4) is 0 Å². The molecule has 0 N–H and O–H groups in total. The normalized spacial score (nSPS) is 12.9. The van der Waals surface area contributed by atoms with Crippen LogP contribution in [0.2, 0.25) is 5.02 Å². The lowest BCUT2D eigenvalue weighted by molar-refractivity contribution is 0.600. The summed E-state index contributed by atoms with van der Waals surface area (Å²) in [5.41, 5.74) is 0.577. The topological polar surface area (TPSA) is 0 Å². The molecule has 78 valence electrons. The van der Waals surface area contributed by atoms with Gasteiger partial charge in [-0.3, -0.25) is 0 Å². The molecule has 0 spiro atoms. The number of hydrogen-bond donors (Lipinski definition) is 0. The quantitative estimate of drug-likeness (QED) is 0.677. The van der Waals surface area contributed by atoms with Crippen LogP contribution < -0.4 is 0 Å². The second-order valence-corrected chi connectivity index (χ2v) is 4.27. The minimum Gasteiger partial charge on any atom is -0.207 e. The molecule has 3 heteroatoms. The Morgan fingerprint density at radius 1 is 1.43 bits per heavy atom. The molecule has 0 bridgehead atoms. The number of rotatable bonds is 4. The largest absolute Gasteiger partial charge is 0.207 e. The van der Waals surface area contributed by atoms with Crippen LogP contribution in [-0.2, 0) is 6.42 Å². The summed E-state index contributed by atoms with van der Waals surface area (Å²) in [7, 11) is 0. The first-order valence-corrected chi connectivity index (χ1v) is 5.53. The molecule has 0 aliphatic heterocycles. The lowest BCUT2D eigenvalue weighted by atomic mass is 10.1. The van der Waals surface area contributed by atoms with Gasteiger partial charge >= 0.3 is 0 Å². The Kier molecular flexibility index (Phi) is 4.70. The highest BCUT2D eigenvalue weighted by Gasteiger charge is 2.09. The predicted octanol–water partition coefficient (Wildman–Crippen LogP) is 4.43. The molecule has 14 heavy (non-hydrogen) atoms. The van der Waals surface area contributed by atoms with Gasteiger partial charge in [0.1, 0.15) is 5.82 Å². The Hall–Kier alpha value is -0.270. The van der Waals surface area contributed by atoms with Gasteiger partial charge in [0.25, 0.3) is 0 Å². The van der Waals surface area contributed by atoms with Gasteiger partial charge in [-0.25, -0.2) is 4.39 Å². The first-order valence-electron chi connectivity index (χ1n) is 4.72. The van der Waals surface area contributed by atoms with Crippen molar-refractivity contribution in [3.8, 4) is 0 Å². The third kappa shape index (κ3) is 3.14. The van der Waals surface area contributed by atoms with Gasteiger partial charge in [-0.1, -0.05) is 24.6 Å². The van der Waals surface area contributed by atoms with E-state index in [0.29, 0.717) is 17.0 Å². The molecule has 1 aromatic carbocycles. The van der Waals surface area contributed by atoms with Crippen LogP contribution in [0.25, 0.3) is 0 Å². The van der Waals surface area contributed by atoms with Crippen molar-refractivity contribution in [2.75, 3.05) is 0 Å². The Labute approximate surface area is 94.0 Å². The zero-order chi connectivity index (χ0) is 10.6. The maximum absolute atomic E-state index is 13.3. The minimum atomic E-state index is -0.238. The third-order valence-corrected chi connectivity index (χ3v) is 3.09. The third-order valence-electron chi connectivity index (χ3n) is 2.21. The van der Waals surface area contributed by atoms with Gasteiger partial charge in [-0.2, -0.15) is 0 Å². The van der Waals surface area contributed by atoms with Crippen LogP contribution in [0.15, 0.2) is 18.2 Å². The van der Waals surface area contributed by atoms with Crippen LogP contribution in [0.4, 0.5) is 4.39 Å². The molecule has 1 aromatic rings. The molecule has 0 nitrogen and oxygen atoms in total. The number of hydrogen-bond acceptors (Lipinski definition) is 0. The molecule has 0 aliphatic carbocycles. The minimum absolute atomic E-state index is 0.102. The van der Waals surface area contributed by atoms with Crippen LogP contribution in [0.1, 0.15) is 25.3 Å². The summed E-state index contributed by atoms with van der Waals surface area (Å²) in [5, 5.41) is 0.593. The van der Waals surface area contributed by atoms with Crippen LogP contribution in [0, 0.1) is 5.82 Å². The monoisotopic (exact) mass is 234 g/mol. The van der Waals surface area contributed by atoms with Crippen molar-refractivity contribution in [1.29, 1.82) is 0 Å². The summed E-state index contributed by atoms with van der Waals surface area (Å²) >= 11 is 11.8. The molecule has 0 aromatic heterocycles. The highest BCUT2D eigenvalue weighted by Crippen LogP contribution is 2.22. The van der Waals surface area contributed by atoms with Crippen molar-refractivity contribution in [1.82, 2.24) is 0 Å². The lowest BCUT2D eigenvalue weighted by Crippen LogP contribution is -2.00. The van der Waals surface area contributed by atoms with E-state index in [1.165, 1.54) is 6.07 Å². The molecule has 0 fully saturated rings. The van der Waals surface area contributed by atoms with E-state index in [0.717, 1.165) is 12.8 Å². The summed E-state index contributed by atoms with van der Waals surface area (Å²) in [6, 6.07) is 4.74.